The third-order valence-corrected chi connectivity index (χ3v) is 4.39. The van der Waals surface area contributed by atoms with E-state index in [4.69, 9.17) is 16.3 Å². The molecule has 5 nitrogen and oxygen atoms in total. The lowest BCUT2D eigenvalue weighted by molar-refractivity contribution is 0.177. The van der Waals surface area contributed by atoms with Crippen molar-refractivity contribution in [3.63, 3.8) is 0 Å². The monoisotopic (exact) mass is 320 g/mol. The molecule has 0 saturated heterocycles. The van der Waals surface area contributed by atoms with E-state index in [1.807, 2.05) is 17.7 Å². The van der Waals surface area contributed by atoms with Crippen LogP contribution in [0.5, 0.6) is 0 Å². The Bertz CT molecular complexity index is 656. The zero-order chi connectivity index (χ0) is 15.5. The number of ether oxygens (including phenoxy) is 1. The zero-order valence-corrected chi connectivity index (χ0v) is 13.7. The van der Waals surface area contributed by atoms with Crippen molar-refractivity contribution in [1.29, 1.82) is 0 Å². The molecule has 3 rings (SSSR count). The van der Waals surface area contributed by atoms with E-state index in [1.165, 1.54) is 5.56 Å². The Hall–Kier alpha value is -1.43. The molecule has 22 heavy (non-hydrogen) atoms. The first-order chi connectivity index (χ1) is 10.7. The van der Waals surface area contributed by atoms with E-state index in [-0.39, 0.29) is 6.04 Å². The molecule has 0 unspecified atom stereocenters. The summed E-state index contributed by atoms with van der Waals surface area (Å²) in [6, 6.07) is 6.41. The summed E-state index contributed by atoms with van der Waals surface area (Å²) < 4.78 is 7.12. The zero-order valence-electron chi connectivity index (χ0n) is 13.0. The highest BCUT2D eigenvalue weighted by atomic mass is 35.5. The highest BCUT2D eigenvalue weighted by Crippen LogP contribution is 2.24. The quantitative estimate of drug-likeness (QED) is 0.920. The SMILES string of the molecule is COCc1nc2n(n1)CCC[C@@H]2NCc1ccc(C)c(Cl)c1. The van der Waals surface area contributed by atoms with Crippen molar-refractivity contribution >= 4 is 11.6 Å². The largest absolute Gasteiger partial charge is 0.377 e. The van der Waals surface area contributed by atoms with Crippen molar-refractivity contribution in [2.75, 3.05) is 7.11 Å². The number of methoxy groups -OCH3 is 1. The van der Waals surface area contributed by atoms with Gasteiger partial charge in [0.05, 0.1) is 6.04 Å². The van der Waals surface area contributed by atoms with Crippen LogP contribution in [0, 0.1) is 6.92 Å². The summed E-state index contributed by atoms with van der Waals surface area (Å²) in [6.45, 7) is 4.18. The Labute approximate surface area is 135 Å². The van der Waals surface area contributed by atoms with Gasteiger partial charge in [-0.3, -0.25) is 0 Å². The molecule has 2 heterocycles. The summed E-state index contributed by atoms with van der Waals surface area (Å²) in [5, 5.41) is 8.88. The first-order valence-corrected chi connectivity index (χ1v) is 7.96. The second-order valence-corrected chi connectivity index (χ2v) is 6.11. The van der Waals surface area contributed by atoms with E-state index >= 15 is 0 Å². The van der Waals surface area contributed by atoms with Gasteiger partial charge in [0, 0.05) is 25.2 Å². The number of aryl methyl sites for hydroxylation is 2. The van der Waals surface area contributed by atoms with E-state index in [2.05, 4.69) is 27.5 Å². The summed E-state index contributed by atoms with van der Waals surface area (Å²) in [5.41, 5.74) is 2.29. The topological polar surface area (TPSA) is 52.0 Å². The van der Waals surface area contributed by atoms with Gasteiger partial charge in [-0.2, -0.15) is 5.10 Å². The predicted molar refractivity (Wildman–Crippen MR) is 85.7 cm³/mol. The van der Waals surface area contributed by atoms with Gasteiger partial charge in [-0.1, -0.05) is 23.7 Å². The fourth-order valence-electron chi connectivity index (χ4n) is 2.77. The maximum atomic E-state index is 6.19. The average molecular weight is 321 g/mol. The minimum Gasteiger partial charge on any atom is -0.377 e. The molecule has 0 spiro atoms. The number of benzene rings is 1. The minimum atomic E-state index is 0.229. The molecule has 1 aromatic carbocycles. The van der Waals surface area contributed by atoms with Crippen LogP contribution < -0.4 is 5.32 Å². The van der Waals surface area contributed by atoms with Crippen LogP contribution >= 0.6 is 11.6 Å². The molecular weight excluding hydrogens is 300 g/mol. The molecule has 0 fully saturated rings. The average Bonchev–Trinajstić information content (AvgIpc) is 2.92. The van der Waals surface area contributed by atoms with Crippen LogP contribution in [0.2, 0.25) is 5.02 Å². The third kappa shape index (κ3) is 3.32. The Morgan fingerprint density at radius 1 is 1.45 bits per heavy atom. The number of rotatable bonds is 5. The van der Waals surface area contributed by atoms with Crippen molar-refractivity contribution < 1.29 is 4.74 Å². The Kier molecular flexibility index (Phi) is 4.76. The van der Waals surface area contributed by atoms with Crippen LogP contribution in [-0.4, -0.2) is 21.9 Å². The van der Waals surface area contributed by atoms with E-state index < -0.39 is 0 Å². The van der Waals surface area contributed by atoms with Crippen LogP contribution in [0.1, 0.15) is 41.7 Å². The maximum absolute atomic E-state index is 6.19. The van der Waals surface area contributed by atoms with E-state index in [1.54, 1.807) is 7.11 Å². The Morgan fingerprint density at radius 3 is 3.09 bits per heavy atom. The Morgan fingerprint density at radius 2 is 2.32 bits per heavy atom. The van der Waals surface area contributed by atoms with Gasteiger partial charge in [0.25, 0.3) is 0 Å². The van der Waals surface area contributed by atoms with Gasteiger partial charge in [0.2, 0.25) is 0 Å². The molecule has 0 saturated carbocycles. The van der Waals surface area contributed by atoms with Crippen molar-refractivity contribution in [1.82, 2.24) is 20.1 Å². The van der Waals surface area contributed by atoms with Crippen molar-refractivity contribution in [2.24, 2.45) is 0 Å². The molecule has 1 aliphatic heterocycles. The molecule has 0 aliphatic carbocycles. The minimum absolute atomic E-state index is 0.229. The maximum Gasteiger partial charge on any atom is 0.176 e. The number of aromatic nitrogens is 3. The van der Waals surface area contributed by atoms with E-state index in [0.717, 1.165) is 48.2 Å². The van der Waals surface area contributed by atoms with Crippen molar-refractivity contribution in [2.45, 2.75) is 45.5 Å². The van der Waals surface area contributed by atoms with Gasteiger partial charge in [-0.25, -0.2) is 9.67 Å². The number of hydrogen-bond acceptors (Lipinski definition) is 4. The normalized spacial score (nSPS) is 17.5. The van der Waals surface area contributed by atoms with Crippen LogP contribution in [0.25, 0.3) is 0 Å². The molecule has 0 radical (unpaired) electrons. The molecule has 1 N–H and O–H groups in total. The molecule has 0 bridgehead atoms. The molecule has 1 aromatic heterocycles. The van der Waals surface area contributed by atoms with Gasteiger partial charge in [-0.05, 0) is 37.0 Å². The van der Waals surface area contributed by atoms with Crippen LogP contribution in [0.3, 0.4) is 0 Å². The predicted octanol–water partition coefficient (Wildman–Crippen LogP) is 3.01. The van der Waals surface area contributed by atoms with Crippen LogP contribution in [0.4, 0.5) is 0 Å². The lowest BCUT2D eigenvalue weighted by Gasteiger charge is -2.23. The van der Waals surface area contributed by atoms with Gasteiger partial charge in [0.1, 0.15) is 12.4 Å². The van der Waals surface area contributed by atoms with Gasteiger partial charge >= 0.3 is 0 Å². The highest BCUT2D eigenvalue weighted by Gasteiger charge is 2.23. The summed E-state index contributed by atoms with van der Waals surface area (Å²) in [6.07, 6.45) is 2.18. The fourth-order valence-corrected chi connectivity index (χ4v) is 2.97. The second kappa shape index (κ2) is 6.77. The summed E-state index contributed by atoms with van der Waals surface area (Å²) in [7, 11) is 1.66. The van der Waals surface area contributed by atoms with E-state index in [0.29, 0.717) is 6.61 Å². The van der Waals surface area contributed by atoms with Crippen LogP contribution in [-0.2, 0) is 24.4 Å². The lowest BCUT2D eigenvalue weighted by Crippen LogP contribution is -2.28. The molecule has 1 atom stereocenters. The standard InChI is InChI=1S/C16H21ClN4O/c1-11-5-6-12(8-13(11)17)9-18-14-4-3-7-21-16(14)19-15(20-21)10-22-2/h5-6,8,14,18H,3-4,7,9-10H2,1-2H3/t14-/m0/s1. The molecule has 118 valence electrons. The first kappa shape index (κ1) is 15.5. The van der Waals surface area contributed by atoms with Crippen LogP contribution in [0.15, 0.2) is 18.2 Å². The number of nitrogens with zero attached hydrogens (tertiary/aromatic N) is 3. The summed E-state index contributed by atoms with van der Waals surface area (Å²) in [5.74, 6) is 1.76. The number of nitrogens with one attached hydrogen (secondary N) is 1. The Balaban J connectivity index is 1.70. The molecular formula is C16H21ClN4O. The molecule has 0 amide bonds. The first-order valence-electron chi connectivity index (χ1n) is 7.58. The highest BCUT2D eigenvalue weighted by molar-refractivity contribution is 6.31. The smallest absolute Gasteiger partial charge is 0.176 e. The van der Waals surface area contributed by atoms with Crippen molar-refractivity contribution in [3.05, 3.63) is 46.0 Å². The number of hydrogen-bond donors (Lipinski definition) is 1. The lowest BCUT2D eigenvalue weighted by atomic mass is 10.1. The summed E-state index contributed by atoms with van der Waals surface area (Å²) in [4.78, 5) is 4.60. The third-order valence-electron chi connectivity index (χ3n) is 3.98. The van der Waals surface area contributed by atoms with Crippen molar-refractivity contribution in [3.8, 4) is 0 Å². The van der Waals surface area contributed by atoms with E-state index in [9.17, 15) is 0 Å². The second-order valence-electron chi connectivity index (χ2n) is 5.70. The van der Waals surface area contributed by atoms with Gasteiger partial charge in [-0.15, -0.1) is 0 Å². The molecule has 1 aliphatic rings. The number of halogens is 1. The van der Waals surface area contributed by atoms with Gasteiger partial charge < -0.3 is 10.1 Å². The molecule has 2 aromatic rings. The number of fused-ring (bicyclic) bond motifs is 1. The fraction of sp³-hybridized carbons (Fsp3) is 0.500. The summed E-state index contributed by atoms with van der Waals surface area (Å²) >= 11 is 6.19. The van der Waals surface area contributed by atoms with Gasteiger partial charge in [0.15, 0.2) is 5.82 Å². The molecule has 6 heteroatoms.